The van der Waals surface area contributed by atoms with E-state index < -0.39 is 5.97 Å². The van der Waals surface area contributed by atoms with Gasteiger partial charge in [-0.1, -0.05) is 0 Å². The molecule has 0 bridgehead atoms. The molecule has 2 heterocycles. The van der Waals surface area contributed by atoms with Crippen LogP contribution in [0.15, 0.2) is 21.3 Å². The fraction of sp³-hybridized carbons (Fsp3) is 0.450. The van der Waals surface area contributed by atoms with Crippen LogP contribution in [-0.4, -0.2) is 42.7 Å². The van der Waals surface area contributed by atoms with Crippen molar-refractivity contribution >= 4 is 22.8 Å². The van der Waals surface area contributed by atoms with E-state index in [1.165, 1.54) is 0 Å². The van der Waals surface area contributed by atoms with Crippen molar-refractivity contribution in [1.82, 2.24) is 10.6 Å². The number of hydrogen-bond acceptors (Lipinski definition) is 6. The van der Waals surface area contributed by atoms with Gasteiger partial charge in [0.25, 0.3) is 11.9 Å². The van der Waals surface area contributed by atoms with Crippen molar-refractivity contribution < 1.29 is 23.8 Å². The summed E-state index contributed by atoms with van der Waals surface area (Å²) in [5.41, 5.74) is 2.42. The number of rotatable bonds is 4. The molecule has 152 valence electrons. The van der Waals surface area contributed by atoms with Crippen LogP contribution in [0.2, 0.25) is 0 Å². The lowest BCUT2D eigenvalue weighted by Crippen LogP contribution is -2.39. The number of carbonyl (C=O) groups is 2. The Bertz CT molecular complexity index is 924. The minimum Gasteiger partial charge on any atom is -0.483 e. The highest BCUT2D eigenvalue weighted by atomic mass is 16.5. The van der Waals surface area contributed by atoms with Crippen molar-refractivity contribution in [3.63, 3.8) is 0 Å². The fourth-order valence-electron chi connectivity index (χ4n) is 2.99. The van der Waals surface area contributed by atoms with E-state index in [-0.39, 0.29) is 24.2 Å². The van der Waals surface area contributed by atoms with Crippen LogP contribution in [0.1, 0.15) is 30.0 Å². The lowest BCUT2D eigenvalue weighted by Gasteiger charge is -2.14. The van der Waals surface area contributed by atoms with Gasteiger partial charge in [0.1, 0.15) is 11.3 Å². The second-order valence-electron chi connectivity index (χ2n) is 6.84. The first-order valence-corrected chi connectivity index (χ1v) is 9.06. The molecule has 3 N–H and O–H groups in total. The fourth-order valence-corrected chi connectivity index (χ4v) is 2.99. The first kappa shape index (κ1) is 21.4. The average Bonchev–Trinajstić information content (AvgIpc) is 3.09. The predicted octanol–water partition coefficient (Wildman–Crippen LogP) is 1.67. The van der Waals surface area contributed by atoms with E-state index in [1.54, 1.807) is 13.0 Å². The maximum absolute atomic E-state index is 12.1. The Hall–Kier alpha value is -2.87. The number of carboxylic acid groups (broad SMARTS) is 1. The molecule has 0 saturated carbocycles. The smallest absolute Gasteiger partial charge is 0.339 e. The maximum Gasteiger partial charge on any atom is 0.339 e. The SMILES string of the molecule is CC(=O)O.Cc1cc(OCC(=O)N[C@H]2CCNC2)c2c(C)c(C)c(=O)oc2c1. The van der Waals surface area contributed by atoms with Gasteiger partial charge in [-0.15, -0.1) is 0 Å². The summed E-state index contributed by atoms with van der Waals surface area (Å²) in [6, 6.07) is 3.83. The molecule has 1 atom stereocenters. The summed E-state index contributed by atoms with van der Waals surface area (Å²) in [5, 5.41) is 14.3. The van der Waals surface area contributed by atoms with Crippen molar-refractivity contribution in [3.8, 4) is 5.75 Å². The number of amides is 1. The molecule has 0 unspecified atom stereocenters. The molecule has 0 aliphatic carbocycles. The summed E-state index contributed by atoms with van der Waals surface area (Å²) in [6.07, 6.45) is 0.933. The van der Waals surface area contributed by atoms with Crippen molar-refractivity contribution in [2.75, 3.05) is 19.7 Å². The molecule has 8 heteroatoms. The highest BCUT2D eigenvalue weighted by molar-refractivity contribution is 5.88. The first-order chi connectivity index (χ1) is 13.2. The van der Waals surface area contributed by atoms with Crippen molar-refractivity contribution in [1.29, 1.82) is 0 Å². The number of hydrogen-bond donors (Lipinski definition) is 3. The molecule has 1 amide bonds. The topological polar surface area (TPSA) is 118 Å². The van der Waals surface area contributed by atoms with Gasteiger partial charge in [0, 0.05) is 25.1 Å². The number of ether oxygens (including phenoxy) is 1. The molecule has 2 aromatic rings. The van der Waals surface area contributed by atoms with Gasteiger partial charge >= 0.3 is 5.63 Å². The van der Waals surface area contributed by atoms with Crippen LogP contribution in [0.25, 0.3) is 11.0 Å². The van der Waals surface area contributed by atoms with Crippen LogP contribution < -0.4 is 21.0 Å². The van der Waals surface area contributed by atoms with Crippen LogP contribution in [0.4, 0.5) is 0 Å². The van der Waals surface area contributed by atoms with E-state index in [1.807, 2.05) is 19.9 Å². The molecule has 0 radical (unpaired) electrons. The van der Waals surface area contributed by atoms with Gasteiger partial charge < -0.3 is 24.9 Å². The summed E-state index contributed by atoms with van der Waals surface area (Å²) in [6.45, 7) is 8.22. The second-order valence-corrected chi connectivity index (χ2v) is 6.84. The number of aryl methyl sites for hydroxylation is 2. The van der Waals surface area contributed by atoms with Crippen LogP contribution in [0.3, 0.4) is 0 Å². The second kappa shape index (κ2) is 9.36. The summed E-state index contributed by atoms with van der Waals surface area (Å²) in [5.74, 6) is -0.417. The normalized spacial score (nSPS) is 15.6. The highest BCUT2D eigenvalue weighted by Crippen LogP contribution is 2.30. The zero-order valence-electron chi connectivity index (χ0n) is 16.5. The van der Waals surface area contributed by atoms with E-state index in [0.717, 1.165) is 42.9 Å². The van der Waals surface area contributed by atoms with E-state index >= 15 is 0 Å². The third-order valence-electron chi connectivity index (χ3n) is 4.44. The number of carboxylic acids is 1. The minimum absolute atomic E-state index is 0.0628. The number of carbonyl (C=O) groups excluding carboxylic acids is 1. The van der Waals surface area contributed by atoms with Crippen molar-refractivity contribution in [3.05, 3.63) is 39.2 Å². The van der Waals surface area contributed by atoms with Gasteiger partial charge in [0.15, 0.2) is 6.61 Å². The van der Waals surface area contributed by atoms with Gasteiger partial charge in [-0.2, -0.15) is 0 Å². The summed E-state index contributed by atoms with van der Waals surface area (Å²) in [7, 11) is 0. The molecule has 1 saturated heterocycles. The Balaban J connectivity index is 0.000000640. The van der Waals surface area contributed by atoms with Gasteiger partial charge in [-0.05, 0) is 57.0 Å². The molecular formula is C20H26N2O6. The maximum atomic E-state index is 12.1. The predicted molar refractivity (Wildman–Crippen MR) is 105 cm³/mol. The van der Waals surface area contributed by atoms with Crippen LogP contribution in [0, 0.1) is 20.8 Å². The van der Waals surface area contributed by atoms with Gasteiger partial charge in [0.2, 0.25) is 0 Å². The molecule has 1 aliphatic rings. The summed E-state index contributed by atoms with van der Waals surface area (Å²) < 4.78 is 11.1. The molecular weight excluding hydrogens is 364 g/mol. The number of nitrogens with one attached hydrogen (secondary N) is 2. The molecule has 1 aliphatic heterocycles. The highest BCUT2D eigenvalue weighted by Gasteiger charge is 2.18. The monoisotopic (exact) mass is 390 g/mol. The lowest BCUT2D eigenvalue weighted by molar-refractivity contribution is -0.134. The molecule has 3 rings (SSSR count). The van der Waals surface area contributed by atoms with Gasteiger partial charge in [-0.25, -0.2) is 4.79 Å². The first-order valence-electron chi connectivity index (χ1n) is 9.06. The third kappa shape index (κ3) is 5.56. The molecule has 28 heavy (non-hydrogen) atoms. The van der Waals surface area contributed by atoms with Crippen LogP contribution in [-0.2, 0) is 9.59 Å². The Morgan fingerprint density at radius 2 is 1.96 bits per heavy atom. The minimum atomic E-state index is -0.833. The Kier molecular flexibility index (Phi) is 7.17. The zero-order valence-corrected chi connectivity index (χ0v) is 16.5. The van der Waals surface area contributed by atoms with E-state index in [2.05, 4.69) is 10.6 Å². The Morgan fingerprint density at radius 3 is 2.57 bits per heavy atom. The summed E-state index contributed by atoms with van der Waals surface area (Å²) >= 11 is 0. The Morgan fingerprint density at radius 1 is 1.29 bits per heavy atom. The van der Waals surface area contributed by atoms with Crippen LogP contribution >= 0.6 is 0 Å². The third-order valence-corrected chi connectivity index (χ3v) is 4.44. The van der Waals surface area contributed by atoms with Gasteiger partial charge in [0.05, 0.1) is 5.39 Å². The molecule has 0 spiro atoms. The molecule has 8 nitrogen and oxygen atoms in total. The molecule has 1 fully saturated rings. The largest absolute Gasteiger partial charge is 0.483 e. The van der Waals surface area contributed by atoms with Crippen LogP contribution in [0.5, 0.6) is 5.75 Å². The molecule has 1 aromatic carbocycles. The average molecular weight is 390 g/mol. The quantitative estimate of drug-likeness (QED) is 0.680. The zero-order chi connectivity index (χ0) is 20.8. The van der Waals surface area contributed by atoms with E-state index in [0.29, 0.717) is 16.9 Å². The standard InChI is InChI=1S/C18H22N2O4.C2H4O2/c1-10-6-14(23-9-16(21)20-13-4-5-19-8-13)17-11(2)12(3)18(22)24-15(17)7-10;1-2(3)4/h6-7,13,19H,4-5,8-9H2,1-3H3,(H,20,21);1H3,(H,3,4)/t13-;/m0./s1. The van der Waals surface area contributed by atoms with E-state index in [9.17, 15) is 9.59 Å². The number of benzene rings is 1. The van der Waals surface area contributed by atoms with Gasteiger partial charge in [-0.3, -0.25) is 9.59 Å². The lowest BCUT2D eigenvalue weighted by atomic mass is 10.0. The van der Waals surface area contributed by atoms with E-state index in [4.69, 9.17) is 19.1 Å². The van der Waals surface area contributed by atoms with Crippen molar-refractivity contribution in [2.45, 2.75) is 40.2 Å². The number of fused-ring (bicyclic) bond motifs is 1. The Labute approximate surface area is 162 Å². The summed E-state index contributed by atoms with van der Waals surface area (Å²) in [4.78, 5) is 32.9. The van der Waals surface area contributed by atoms with Crippen molar-refractivity contribution in [2.24, 2.45) is 0 Å². The number of aliphatic carboxylic acids is 1. The molecule has 1 aromatic heterocycles.